The molecule has 0 saturated heterocycles. The number of thioether (sulfide) groups is 2. The molecule has 1 aliphatic rings. The van der Waals surface area contributed by atoms with E-state index < -0.39 is 0 Å². The molecule has 7 nitrogen and oxygen atoms in total. The Bertz CT molecular complexity index is 1510. The van der Waals surface area contributed by atoms with Crippen LogP contribution in [0, 0.1) is 10.1 Å². The molecule has 0 spiro atoms. The van der Waals surface area contributed by atoms with Crippen LogP contribution in [0.25, 0.3) is 15.9 Å². The number of non-ortho nitro benzene ring substituents is 1. The third-order valence-electron chi connectivity index (χ3n) is 5.87. The van der Waals surface area contributed by atoms with Gasteiger partial charge in [0.15, 0.2) is 16.0 Å². The molecule has 0 fully saturated rings. The number of hydrogen-bond acceptors (Lipinski definition) is 8. The van der Waals surface area contributed by atoms with Gasteiger partial charge in [-0.3, -0.25) is 10.1 Å². The fourth-order valence-electron chi connectivity index (χ4n) is 4.21. The van der Waals surface area contributed by atoms with Crippen LogP contribution in [-0.2, 0) is 24.3 Å². The Labute approximate surface area is 207 Å². The molecule has 3 heterocycles. The molecule has 0 radical (unpaired) electrons. The minimum Gasteiger partial charge on any atom is -0.258 e. The van der Waals surface area contributed by atoms with Gasteiger partial charge in [0.25, 0.3) is 5.69 Å². The maximum atomic E-state index is 10.9. The monoisotopic (exact) mass is 505 g/mol. The van der Waals surface area contributed by atoms with Crippen molar-refractivity contribution in [3.05, 3.63) is 86.3 Å². The van der Waals surface area contributed by atoms with Crippen LogP contribution in [0.5, 0.6) is 0 Å². The van der Waals surface area contributed by atoms with Gasteiger partial charge in [-0.15, -0.1) is 21.5 Å². The van der Waals surface area contributed by atoms with Crippen molar-refractivity contribution in [2.75, 3.05) is 0 Å². The normalized spacial score (nSPS) is 13.1. The predicted molar refractivity (Wildman–Crippen MR) is 137 cm³/mol. The van der Waals surface area contributed by atoms with Gasteiger partial charge < -0.3 is 0 Å². The molecule has 0 amide bonds. The van der Waals surface area contributed by atoms with Gasteiger partial charge in [0.1, 0.15) is 4.83 Å². The van der Waals surface area contributed by atoms with Gasteiger partial charge in [-0.05, 0) is 36.0 Å². The molecular weight excluding hydrogens is 486 g/mol. The molecule has 0 atom stereocenters. The number of benzene rings is 2. The lowest BCUT2D eigenvalue weighted by Gasteiger charge is -2.08. The third kappa shape index (κ3) is 3.95. The highest BCUT2D eigenvalue weighted by molar-refractivity contribution is 7.99. The number of rotatable bonds is 7. The van der Waals surface area contributed by atoms with E-state index in [1.807, 2.05) is 6.07 Å². The molecule has 5 aromatic rings. The van der Waals surface area contributed by atoms with Gasteiger partial charge in [-0.1, -0.05) is 66.0 Å². The molecule has 170 valence electrons. The molecular formula is C24H19N5O2S3. The van der Waals surface area contributed by atoms with Crippen LogP contribution < -0.4 is 0 Å². The topological polar surface area (TPSA) is 86.2 Å². The summed E-state index contributed by atoms with van der Waals surface area (Å²) in [5.41, 5.74) is 4.60. The largest absolute Gasteiger partial charge is 0.269 e. The van der Waals surface area contributed by atoms with Crippen LogP contribution in [0.1, 0.15) is 28.0 Å². The second-order valence-electron chi connectivity index (χ2n) is 8.06. The standard InChI is InChI=1S/C24H19N5O2S3/c30-29(31)17-11-9-16(10-12-17)14-33-24-27-26-21-20-18-7-4-8-19(18)34-22(20)25-23(28(21)24)32-13-15-5-2-1-3-6-15/h1-3,5-6,9-12H,4,7-8,13-14H2. The van der Waals surface area contributed by atoms with E-state index in [4.69, 9.17) is 4.98 Å². The van der Waals surface area contributed by atoms with E-state index in [0.717, 1.165) is 50.3 Å². The summed E-state index contributed by atoms with van der Waals surface area (Å²) in [6.07, 6.45) is 3.37. The lowest BCUT2D eigenvalue weighted by atomic mass is 10.2. The number of nitrogens with zero attached hydrogens (tertiary/aromatic N) is 5. The summed E-state index contributed by atoms with van der Waals surface area (Å²) in [6.45, 7) is 0. The Hall–Kier alpha value is -2.95. The van der Waals surface area contributed by atoms with Crippen molar-refractivity contribution in [3.8, 4) is 0 Å². The Kier molecular flexibility index (Phi) is 5.72. The van der Waals surface area contributed by atoms with Crippen LogP contribution >= 0.6 is 34.9 Å². The van der Waals surface area contributed by atoms with Crippen molar-refractivity contribution in [1.82, 2.24) is 19.6 Å². The fraction of sp³-hybridized carbons (Fsp3) is 0.208. The Morgan fingerprint density at radius 2 is 1.68 bits per heavy atom. The summed E-state index contributed by atoms with van der Waals surface area (Å²) in [6, 6.07) is 17.0. The van der Waals surface area contributed by atoms with Gasteiger partial charge in [0, 0.05) is 28.5 Å². The van der Waals surface area contributed by atoms with Gasteiger partial charge in [0.05, 0.1) is 10.3 Å². The van der Waals surface area contributed by atoms with E-state index in [9.17, 15) is 10.1 Å². The zero-order valence-electron chi connectivity index (χ0n) is 18.0. The first-order valence-electron chi connectivity index (χ1n) is 10.9. The van der Waals surface area contributed by atoms with Gasteiger partial charge in [-0.25, -0.2) is 9.38 Å². The van der Waals surface area contributed by atoms with Crippen molar-refractivity contribution in [2.45, 2.75) is 41.1 Å². The van der Waals surface area contributed by atoms with Gasteiger partial charge in [-0.2, -0.15) is 0 Å². The molecule has 0 saturated carbocycles. The maximum Gasteiger partial charge on any atom is 0.269 e. The highest BCUT2D eigenvalue weighted by atomic mass is 32.2. The van der Waals surface area contributed by atoms with E-state index in [2.05, 4.69) is 38.9 Å². The van der Waals surface area contributed by atoms with E-state index in [0.29, 0.717) is 5.75 Å². The molecule has 10 heteroatoms. The summed E-state index contributed by atoms with van der Waals surface area (Å²) in [5.74, 6) is 1.45. The Morgan fingerprint density at radius 1 is 0.941 bits per heavy atom. The lowest BCUT2D eigenvalue weighted by Crippen LogP contribution is -1.98. The maximum absolute atomic E-state index is 10.9. The van der Waals surface area contributed by atoms with Crippen LogP contribution in [0.4, 0.5) is 5.69 Å². The van der Waals surface area contributed by atoms with Crippen molar-refractivity contribution >= 4 is 56.4 Å². The van der Waals surface area contributed by atoms with Crippen molar-refractivity contribution in [3.63, 3.8) is 0 Å². The SMILES string of the molecule is O=[N+]([O-])c1ccc(CSc2nnc3c4c5c(sc4nc(SCc4ccccc4)n23)CCC5)cc1. The number of fused-ring (bicyclic) bond motifs is 5. The van der Waals surface area contributed by atoms with E-state index in [-0.39, 0.29) is 10.6 Å². The summed E-state index contributed by atoms with van der Waals surface area (Å²) < 4.78 is 2.09. The average Bonchev–Trinajstić information content (AvgIpc) is 3.56. The summed E-state index contributed by atoms with van der Waals surface area (Å²) >= 11 is 5.06. The van der Waals surface area contributed by atoms with E-state index >= 15 is 0 Å². The predicted octanol–water partition coefficient (Wildman–Crippen LogP) is 6.32. The van der Waals surface area contributed by atoms with Gasteiger partial charge >= 0.3 is 0 Å². The first-order chi connectivity index (χ1) is 16.7. The first kappa shape index (κ1) is 21.6. The number of thiophene rings is 1. The fourth-order valence-corrected chi connectivity index (χ4v) is 7.42. The lowest BCUT2D eigenvalue weighted by molar-refractivity contribution is -0.384. The first-order valence-corrected chi connectivity index (χ1v) is 13.7. The molecule has 1 aliphatic carbocycles. The van der Waals surface area contributed by atoms with E-state index in [1.54, 1.807) is 59.1 Å². The highest BCUT2D eigenvalue weighted by Gasteiger charge is 2.24. The third-order valence-corrected chi connectivity index (χ3v) is 9.07. The number of hydrogen-bond donors (Lipinski definition) is 0. The molecule has 0 aliphatic heterocycles. The smallest absolute Gasteiger partial charge is 0.258 e. The summed E-state index contributed by atoms with van der Waals surface area (Å²) in [4.78, 5) is 18.1. The molecule has 6 rings (SSSR count). The van der Waals surface area contributed by atoms with Gasteiger partial charge in [0.2, 0.25) is 0 Å². The van der Waals surface area contributed by atoms with Crippen molar-refractivity contribution in [2.24, 2.45) is 0 Å². The van der Waals surface area contributed by atoms with Crippen LogP contribution in [0.15, 0.2) is 64.9 Å². The zero-order chi connectivity index (χ0) is 23.1. The molecule has 3 aromatic heterocycles. The minimum atomic E-state index is -0.380. The second kappa shape index (κ2) is 9.01. The van der Waals surface area contributed by atoms with Crippen LogP contribution in [0.3, 0.4) is 0 Å². The zero-order valence-corrected chi connectivity index (χ0v) is 20.5. The molecule has 0 N–H and O–H groups in total. The average molecular weight is 506 g/mol. The molecule has 0 unspecified atom stereocenters. The quantitative estimate of drug-likeness (QED) is 0.111. The molecule has 34 heavy (non-hydrogen) atoms. The van der Waals surface area contributed by atoms with E-state index in [1.165, 1.54) is 22.4 Å². The number of aryl methyl sites for hydroxylation is 2. The van der Waals surface area contributed by atoms with Crippen LogP contribution in [-0.4, -0.2) is 24.5 Å². The number of aromatic nitrogens is 4. The second-order valence-corrected chi connectivity index (χ2v) is 11.0. The Morgan fingerprint density at radius 3 is 2.44 bits per heavy atom. The Balaban J connectivity index is 1.37. The van der Waals surface area contributed by atoms with Crippen LogP contribution in [0.2, 0.25) is 0 Å². The highest BCUT2D eigenvalue weighted by Crippen LogP contribution is 2.41. The number of nitro groups is 1. The summed E-state index contributed by atoms with van der Waals surface area (Å²) in [7, 11) is 0. The molecule has 0 bridgehead atoms. The number of nitro benzene ring substituents is 1. The van der Waals surface area contributed by atoms with Crippen molar-refractivity contribution < 1.29 is 4.92 Å². The van der Waals surface area contributed by atoms with Crippen molar-refractivity contribution in [1.29, 1.82) is 0 Å². The minimum absolute atomic E-state index is 0.0965. The molecule has 2 aromatic carbocycles. The summed E-state index contributed by atoms with van der Waals surface area (Å²) in [5, 5.41) is 22.9.